The Morgan fingerprint density at radius 1 is 1.18 bits per heavy atom. The average molecular weight is 404 g/mol. The van der Waals surface area contributed by atoms with Crippen LogP contribution in [0.4, 0.5) is 5.69 Å². The van der Waals surface area contributed by atoms with Gasteiger partial charge in [-0.1, -0.05) is 23.7 Å². The molecule has 0 saturated carbocycles. The number of benzene rings is 2. The summed E-state index contributed by atoms with van der Waals surface area (Å²) in [6, 6.07) is 12.2. The van der Waals surface area contributed by atoms with Gasteiger partial charge < -0.3 is 19.5 Å². The van der Waals surface area contributed by atoms with E-state index in [0.717, 1.165) is 5.75 Å². The van der Waals surface area contributed by atoms with Crippen LogP contribution in [-0.4, -0.2) is 37.1 Å². The van der Waals surface area contributed by atoms with Crippen LogP contribution in [-0.2, 0) is 15.2 Å². The lowest BCUT2D eigenvalue weighted by molar-refractivity contribution is -0.141. The molecule has 1 atom stereocenters. The van der Waals surface area contributed by atoms with Crippen LogP contribution in [0.2, 0.25) is 5.02 Å². The number of ketones is 1. The average Bonchev–Trinajstić information content (AvgIpc) is 2.87. The second-order valence-corrected chi connectivity index (χ2v) is 7.12. The third-order valence-electron chi connectivity index (χ3n) is 4.66. The number of anilines is 1. The van der Waals surface area contributed by atoms with Crippen molar-refractivity contribution in [2.24, 2.45) is 0 Å². The number of halogens is 1. The molecule has 0 aliphatic carbocycles. The highest BCUT2D eigenvalue weighted by Gasteiger charge is 2.50. The zero-order valence-electron chi connectivity index (χ0n) is 15.8. The van der Waals surface area contributed by atoms with E-state index < -0.39 is 11.5 Å². The van der Waals surface area contributed by atoms with Gasteiger partial charge in [-0.15, -0.1) is 0 Å². The van der Waals surface area contributed by atoms with Crippen LogP contribution >= 0.6 is 11.6 Å². The second kappa shape index (κ2) is 8.20. The second-order valence-electron chi connectivity index (χ2n) is 6.71. The molecule has 0 spiro atoms. The van der Waals surface area contributed by atoms with Crippen molar-refractivity contribution < 1.29 is 24.2 Å². The van der Waals surface area contributed by atoms with Crippen LogP contribution in [0.3, 0.4) is 0 Å². The van der Waals surface area contributed by atoms with Crippen molar-refractivity contribution in [2.45, 2.75) is 25.4 Å². The van der Waals surface area contributed by atoms with E-state index in [-0.39, 0.29) is 12.2 Å². The van der Waals surface area contributed by atoms with Gasteiger partial charge in [0.05, 0.1) is 24.4 Å². The fourth-order valence-corrected chi connectivity index (χ4v) is 3.67. The van der Waals surface area contributed by atoms with Crippen molar-refractivity contribution in [3.8, 4) is 11.5 Å². The Hall–Kier alpha value is -2.57. The fourth-order valence-electron chi connectivity index (χ4n) is 3.39. The van der Waals surface area contributed by atoms with Gasteiger partial charge in [0.25, 0.3) is 5.91 Å². The Kier molecular flexibility index (Phi) is 5.91. The lowest BCUT2D eigenvalue weighted by Crippen LogP contribution is -2.42. The number of fused-ring (bicyclic) bond motifs is 1. The Labute approximate surface area is 168 Å². The number of amides is 1. The quantitative estimate of drug-likeness (QED) is 0.684. The first-order valence-electron chi connectivity index (χ1n) is 8.96. The molecule has 0 saturated heterocycles. The number of ether oxygens (including phenoxy) is 2. The highest BCUT2D eigenvalue weighted by Crippen LogP contribution is 2.46. The van der Waals surface area contributed by atoms with Crippen LogP contribution in [0, 0.1) is 0 Å². The summed E-state index contributed by atoms with van der Waals surface area (Å²) < 4.78 is 10.8. The molecule has 0 aromatic heterocycles. The Balaban J connectivity index is 1.70. The molecule has 3 rings (SSSR count). The van der Waals surface area contributed by atoms with Gasteiger partial charge in [-0.3, -0.25) is 9.59 Å². The van der Waals surface area contributed by atoms with Crippen LogP contribution in [0.5, 0.6) is 11.5 Å². The number of methoxy groups -OCH3 is 1. The van der Waals surface area contributed by atoms with E-state index in [1.165, 1.54) is 11.8 Å². The van der Waals surface area contributed by atoms with Gasteiger partial charge in [0.1, 0.15) is 17.3 Å². The topological polar surface area (TPSA) is 76.1 Å². The summed E-state index contributed by atoms with van der Waals surface area (Å²) in [4.78, 5) is 26.0. The fraction of sp³-hybridized carbons (Fsp3) is 0.333. The summed E-state index contributed by atoms with van der Waals surface area (Å²) >= 11 is 6.30. The Morgan fingerprint density at radius 2 is 1.86 bits per heavy atom. The van der Waals surface area contributed by atoms with Gasteiger partial charge in [0, 0.05) is 18.5 Å². The molecule has 1 amide bonds. The molecular weight excluding hydrogens is 382 g/mol. The molecule has 2 aromatic rings. The Morgan fingerprint density at radius 3 is 2.50 bits per heavy atom. The first-order valence-corrected chi connectivity index (χ1v) is 9.34. The maximum absolute atomic E-state index is 12.9. The lowest BCUT2D eigenvalue weighted by atomic mass is 9.90. The number of rotatable bonds is 8. The molecule has 28 heavy (non-hydrogen) atoms. The van der Waals surface area contributed by atoms with E-state index in [2.05, 4.69) is 0 Å². The molecule has 0 bridgehead atoms. The van der Waals surface area contributed by atoms with Crippen molar-refractivity contribution in [2.75, 3.05) is 25.2 Å². The molecular formula is C21H22ClNO5. The predicted molar refractivity (Wildman–Crippen MR) is 106 cm³/mol. The van der Waals surface area contributed by atoms with E-state index in [4.69, 9.17) is 21.1 Å². The molecule has 2 aromatic carbocycles. The minimum atomic E-state index is -1.87. The van der Waals surface area contributed by atoms with E-state index >= 15 is 0 Å². The molecule has 1 unspecified atom stereocenters. The van der Waals surface area contributed by atoms with Crippen LogP contribution in [0.25, 0.3) is 0 Å². The van der Waals surface area contributed by atoms with Crippen molar-refractivity contribution in [3.05, 3.63) is 53.1 Å². The molecule has 1 heterocycles. The standard InChI is InChI=1S/C21H22ClNO5/c1-14(24)13-21(26)17-5-3-6-18(22)19(17)23(20(21)25)11-4-12-28-16-9-7-15(27-2)8-10-16/h3,5-10,26H,4,11-13H2,1-2H3. The summed E-state index contributed by atoms with van der Waals surface area (Å²) in [6.07, 6.45) is 0.247. The van der Waals surface area contributed by atoms with E-state index in [0.29, 0.717) is 41.6 Å². The highest BCUT2D eigenvalue weighted by molar-refractivity contribution is 6.35. The van der Waals surface area contributed by atoms with Gasteiger partial charge in [-0.25, -0.2) is 0 Å². The number of carbonyl (C=O) groups excluding carboxylic acids is 2. The lowest BCUT2D eigenvalue weighted by Gasteiger charge is -2.22. The Bertz CT molecular complexity index is 883. The number of Topliss-reactive ketones (excluding diaryl/α,β-unsaturated/α-hetero) is 1. The van der Waals surface area contributed by atoms with Gasteiger partial charge in [-0.2, -0.15) is 0 Å². The molecule has 7 heteroatoms. The van der Waals surface area contributed by atoms with Gasteiger partial charge in [-0.05, 0) is 43.7 Å². The molecule has 1 aliphatic rings. The largest absolute Gasteiger partial charge is 0.497 e. The van der Waals surface area contributed by atoms with Gasteiger partial charge >= 0.3 is 0 Å². The molecule has 1 N–H and O–H groups in total. The number of hydrogen-bond donors (Lipinski definition) is 1. The zero-order chi connectivity index (χ0) is 20.3. The number of carbonyl (C=O) groups is 2. The van der Waals surface area contributed by atoms with Crippen molar-refractivity contribution in [3.63, 3.8) is 0 Å². The molecule has 0 radical (unpaired) electrons. The zero-order valence-corrected chi connectivity index (χ0v) is 16.5. The van der Waals surface area contributed by atoms with Crippen molar-refractivity contribution in [1.29, 1.82) is 0 Å². The number of para-hydroxylation sites is 1. The SMILES string of the molecule is COc1ccc(OCCCN2C(=O)C(O)(CC(C)=O)c3cccc(Cl)c32)cc1. The molecule has 6 nitrogen and oxygen atoms in total. The molecule has 0 fully saturated rings. The summed E-state index contributed by atoms with van der Waals surface area (Å²) in [5, 5.41) is 11.3. The molecule has 148 valence electrons. The smallest absolute Gasteiger partial charge is 0.264 e. The van der Waals surface area contributed by atoms with Crippen LogP contribution in [0.15, 0.2) is 42.5 Å². The summed E-state index contributed by atoms with van der Waals surface area (Å²) in [5.74, 6) is 0.632. The van der Waals surface area contributed by atoms with Crippen molar-refractivity contribution in [1.82, 2.24) is 0 Å². The third kappa shape index (κ3) is 3.84. The monoisotopic (exact) mass is 403 g/mol. The van der Waals surface area contributed by atoms with E-state index in [9.17, 15) is 14.7 Å². The summed E-state index contributed by atoms with van der Waals surface area (Å²) in [5.41, 5.74) is -1.04. The first kappa shape index (κ1) is 20.2. The highest BCUT2D eigenvalue weighted by atomic mass is 35.5. The number of nitrogens with zero attached hydrogens (tertiary/aromatic N) is 1. The maximum Gasteiger partial charge on any atom is 0.264 e. The van der Waals surface area contributed by atoms with Crippen LogP contribution < -0.4 is 14.4 Å². The summed E-state index contributed by atoms with van der Waals surface area (Å²) in [6.45, 7) is 2.04. The number of aliphatic hydroxyl groups is 1. The van der Waals surface area contributed by atoms with E-state index in [1.807, 2.05) is 0 Å². The number of hydrogen-bond acceptors (Lipinski definition) is 5. The van der Waals surface area contributed by atoms with Gasteiger partial charge in [0.2, 0.25) is 0 Å². The summed E-state index contributed by atoms with van der Waals surface area (Å²) in [7, 11) is 1.60. The minimum absolute atomic E-state index is 0.272. The molecule has 1 aliphatic heterocycles. The normalized spacial score (nSPS) is 18.1. The van der Waals surface area contributed by atoms with E-state index in [1.54, 1.807) is 49.6 Å². The first-order chi connectivity index (χ1) is 13.4. The minimum Gasteiger partial charge on any atom is -0.497 e. The van der Waals surface area contributed by atoms with Crippen molar-refractivity contribution >= 4 is 29.0 Å². The predicted octanol–water partition coefficient (Wildman–Crippen LogP) is 3.33. The van der Waals surface area contributed by atoms with Crippen LogP contribution in [0.1, 0.15) is 25.3 Å². The maximum atomic E-state index is 12.9. The van der Waals surface area contributed by atoms with Gasteiger partial charge in [0.15, 0.2) is 5.60 Å². The third-order valence-corrected chi connectivity index (χ3v) is 4.97.